The van der Waals surface area contributed by atoms with Gasteiger partial charge in [0.05, 0.1) is 5.56 Å². The molecule has 1 heterocycles. The molecule has 0 atom stereocenters. The van der Waals surface area contributed by atoms with Crippen molar-refractivity contribution in [2.45, 2.75) is 39.5 Å². The lowest BCUT2D eigenvalue weighted by molar-refractivity contribution is 0.102. The molecule has 2 aromatic rings. The quantitative estimate of drug-likeness (QED) is 0.832. The summed E-state index contributed by atoms with van der Waals surface area (Å²) >= 11 is 0. The first-order valence-corrected chi connectivity index (χ1v) is 8.46. The summed E-state index contributed by atoms with van der Waals surface area (Å²) in [7, 11) is 1.96. The van der Waals surface area contributed by atoms with Crippen LogP contribution in [0.3, 0.4) is 0 Å². The molecule has 0 aliphatic rings. The molecule has 0 radical (unpaired) electrons. The summed E-state index contributed by atoms with van der Waals surface area (Å²) in [5.41, 5.74) is 2.41. The molecule has 2 rings (SSSR count). The molecule has 0 saturated carbocycles. The lowest BCUT2D eigenvalue weighted by atomic mass is 10.0. The Kier molecular flexibility index (Phi) is 6.29. The van der Waals surface area contributed by atoms with Gasteiger partial charge in [0, 0.05) is 31.7 Å². The van der Waals surface area contributed by atoms with Crippen LogP contribution in [0.5, 0.6) is 0 Å². The van der Waals surface area contributed by atoms with E-state index in [2.05, 4.69) is 36.1 Å². The Morgan fingerprint density at radius 3 is 2.50 bits per heavy atom. The fraction of sp³-hybridized carbons (Fsp3) is 0.421. The van der Waals surface area contributed by atoms with E-state index in [1.807, 2.05) is 36.2 Å². The van der Waals surface area contributed by atoms with Crippen molar-refractivity contribution < 1.29 is 4.79 Å². The van der Waals surface area contributed by atoms with Crippen molar-refractivity contribution in [3.63, 3.8) is 0 Å². The van der Waals surface area contributed by atoms with E-state index in [1.165, 1.54) is 0 Å². The molecule has 0 aliphatic heterocycles. The fourth-order valence-electron chi connectivity index (χ4n) is 2.44. The smallest absolute Gasteiger partial charge is 0.258 e. The van der Waals surface area contributed by atoms with E-state index in [1.54, 1.807) is 12.4 Å². The maximum absolute atomic E-state index is 12.4. The third-order valence-corrected chi connectivity index (χ3v) is 3.92. The number of hydrogen-bond acceptors (Lipinski definition) is 4. The van der Waals surface area contributed by atoms with Crippen LogP contribution in [0.15, 0.2) is 36.7 Å². The van der Waals surface area contributed by atoms with E-state index in [-0.39, 0.29) is 5.91 Å². The molecule has 24 heavy (non-hydrogen) atoms. The maximum atomic E-state index is 12.4. The molecule has 0 unspecified atom stereocenters. The SMILES string of the molecule is CCCCN(C)c1ncc(C(=O)Nc2ccccc2C(C)C)cn1. The number of carbonyl (C=O) groups is 1. The number of rotatable bonds is 7. The molecule has 1 aromatic carbocycles. The van der Waals surface area contributed by atoms with Gasteiger partial charge in [-0.15, -0.1) is 0 Å². The van der Waals surface area contributed by atoms with Crippen LogP contribution in [-0.4, -0.2) is 29.5 Å². The number of nitrogens with one attached hydrogen (secondary N) is 1. The van der Waals surface area contributed by atoms with Crippen LogP contribution in [0.25, 0.3) is 0 Å². The van der Waals surface area contributed by atoms with Crippen molar-refractivity contribution in [1.29, 1.82) is 0 Å². The minimum atomic E-state index is -0.189. The Labute approximate surface area is 144 Å². The second-order valence-electron chi connectivity index (χ2n) is 6.24. The number of aromatic nitrogens is 2. The van der Waals surface area contributed by atoms with Crippen LogP contribution in [0.1, 0.15) is 55.5 Å². The number of anilines is 2. The predicted octanol–water partition coefficient (Wildman–Crippen LogP) is 4.09. The highest BCUT2D eigenvalue weighted by molar-refractivity contribution is 6.04. The highest BCUT2D eigenvalue weighted by atomic mass is 16.1. The average molecular weight is 326 g/mol. The zero-order valence-electron chi connectivity index (χ0n) is 14.9. The highest BCUT2D eigenvalue weighted by Gasteiger charge is 2.12. The summed E-state index contributed by atoms with van der Waals surface area (Å²) in [6, 6.07) is 7.85. The fourth-order valence-corrected chi connectivity index (χ4v) is 2.44. The Bertz CT molecular complexity index is 667. The first-order chi connectivity index (χ1) is 11.5. The molecular formula is C19H26N4O. The lowest BCUT2D eigenvalue weighted by Crippen LogP contribution is -2.21. The maximum Gasteiger partial charge on any atom is 0.258 e. The predicted molar refractivity (Wildman–Crippen MR) is 98.7 cm³/mol. The van der Waals surface area contributed by atoms with Crippen molar-refractivity contribution in [3.05, 3.63) is 47.8 Å². The monoisotopic (exact) mass is 326 g/mol. The average Bonchev–Trinajstić information content (AvgIpc) is 2.60. The third kappa shape index (κ3) is 4.54. The van der Waals surface area contributed by atoms with Gasteiger partial charge in [-0.2, -0.15) is 0 Å². The summed E-state index contributed by atoms with van der Waals surface area (Å²) < 4.78 is 0. The molecule has 0 spiro atoms. The van der Waals surface area contributed by atoms with Crippen molar-refractivity contribution in [3.8, 4) is 0 Å². The molecule has 0 bridgehead atoms. The van der Waals surface area contributed by atoms with Crippen LogP contribution in [0, 0.1) is 0 Å². The van der Waals surface area contributed by atoms with Gasteiger partial charge >= 0.3 is 0 Å². The minimum absolute atomic E-state index is 0.189. The third-order valence-electron chi connectivity index (χ3n) is 3.92. The summed E-state index contributed by atoms with van der Waals surface area (Å²) in [5, 5.41) is 2.96. The topological polar surface area (TPSA) is 58.1 Å². The molecule has 0 saturated heterocycles. The van der Waals surface area contributed by atoms with E-state index in [9.17, 15) is 4.79 Å². The molecule has 0 fully saturated rings. The number of nitrogens with zero attached hydrogens (tertiary/aromatic N) is 3. The highest BCUT2D eigenvalue weighted by Crippen LogP contribution is 2.24. The Hall–Kier alpha value is -2.43. The Balaban J connectivity index is 2.08. The van der Waals surface area contributed by atoms with Gasteiger partial charge < -0.3 is 10.2 Å². The van der Waals surface area contributed by atoms with Gasteiger partial charge in [0.1, 0.15) is 0 Å². The van der Waals surface area contributed by atoms with Gasteiger partial charge in [0.2, 0.25) is 5.95 Å². The molecule has 5 heteroatoms. The second-order valence-corrected chi connectivity index (χ2v) is 6.24. The number of carbonyl (C=O) groups excluding carboxylic acids is 1. The van der Waals surface area contributed by atoms with E-state index in [4.69, 9.17) is 0 Å². The zero-order valence-corrected chi connectivity index (χ0v) is 14.9. The summed E-state index contributed by atoms with van der Waals surface area (Å²) in [4.78, 5) is 23.0. The molecule has 1 amide bonds. The standard InChI is InChI=1S/C19H26N4O/c1-5-6-11-23(4)19-20-12-15(13-21-19)18(24)22-17-10-8-7-9-16(17)14(2)3/h7-10,12-14H,5-6,11H2,1-4H3,(H,22,24). The molecule has 1 N–H and O–H groups in total. The van der Waals surface area contributed by atoms with Gasteiger partial charge in [0.25, 0.3) is 5.91 Å². The normalized spacial score (nSPS) is 10.7. The van der Waals surface area contributed by atoms with Gasteiger partial charge in [0.15, 0.2) is 0 Å². The van der Waals surface area contributed by atoms with Crippen molar-refractivity contribution in [1.82, 2.24) is 9.97 Å². The van der Waals surface area contributed by atoms with E-state index < -0.39 is 0 Å². The van der Waals surface area contributed by atoms with E-state index >= 15 is 0 Å². The van der Waals surface area contributed by atoms with Gasteiger partial charge in [-0.3, -0.25) is 4.79 Å². The van der Waals surface area contributed by atoms with Crippen LogP contribution in [0.2, 0.25) is 0 Å². The van der Waals surface area contributed by atoms with Crippen molar-refractivity contribution >= 4 is 17.5 Å². The van der Waals surface area contributed by atoms with Gasteiger partial charge in [-0.1, -0.05) is 45.4 Å². The van der Waals surface area contributed by atoms with Gasteiger partial charge in [-0.05, 0) is 24.0 Å². The number of hydrogen-bond donors (Lipinski definition) is 1. The largest absolute Gasteiger partial charge is 0.344 e. The second kappa shape index (κ2) is 8.43. The van der Waals surface area contributed by atoms with Crippen molar-refractivity contribution in [2.24, 2.45) is 0 Å². The van der Waals surface area contributed by atoms with Crippen LogP contribution >= 0.6 is 0 Å². The molecule has 5 nitrogen and oxygen atoms in total. The first kappa shape index (κ1) is 17.9. The molecular weight excluding hydrogens is 300 g/mol. The zero-order chi connectivity index (χ0) is 17.5. The summed E-state index contributed by atoms with van der Waals surface area (Å²) in [5.74, 6) is 0.792. The number of unbranched alkanes of at least 4 members (excludes halogenated alkanes) is 1. The molecule has 1 aromatic heterocycles. The molecule has 128 valence electrons. The number of para-hydroxylation sites is 1. The summed E-state index contributed by atoms with van der Waals surface area (Å²) in [6.45, 7) is 7.27. The Morgan fingerprint density at radius 2 is 1.88 bits per heavy atom. The van der Waals surface area contributed by atoms with E-state index in [0.717, 1.165) is 30.6 Å². The van der Waals surface area contributed by atoms with Crippen LogP contribution in [-0.2, 0) is 0 Å². The van der Waals surface area contributed by atoms with Crippen LogP contribution in [0.4, 0.5) is 11.6 Å². The van der Waals surface area contributed by atoms with Gasteiger partial charge in [-0.25, -0.2) is 9.97 Å². The van der Waals surface area contributed by atoms with Crippen LogP contribution < -0.4 is 10.2 Å². The number of benzene rings is 1. The Morgan fingerprint density at radius 1 is 1.21 bits per heavy atom. The minimum Gasteiger partial charge on any atom is -0.344 e. The first-order valence-electron chi connectivity index (χ1n) is 8.46. The molecule has 0 aliphatic carbocycles. The lowest BCUT2D eigenvalue weighted by Gasteiger charge is -2.16. The number of amides is 1. The summed E-state index contributed by atoms with van der Waals surface area (Å²) in [6.07, 6.45) is 5.38. The van der Waals surface area contributed by atoms with E-state index in [0.29, 0.717) is 17.4 Å². The van der Waals surface area contributed by atoms with Crippen molar-refractivity contribution in [2.75, 3.05) is 23.8 Å².